The molecule has 0 spiro atoms. The van der Waals surface area contributed by atoms with Crippen LogP contribution >= 0.6 is 0 Å². The molecule has 0 aliphatic rings. The number of nitrogens with one attached hydrogen (secondary N) is 2. The zero-order chi connectivity index (χ0) is 23.3. The highest BCUT2D eigenvalue weighted by Gasteiger charge is 2.29. The van der Waals surface area contributed by atoms with E-state index in [4.69, 9.17) is 0 Å². The molecule has 2 aromatic rings. The van der Waals surface area contributed by atoms with Crippen LogP contribution in [-0.4, -0.2) is 22.1 Å². The highest BCUT2D eigenvalue weighted by atomic mass is 15.1. The summed E-state index contributed by atoms with van der Waals surface area (Å²) in [6.07, 6.45) is 7.38. The molecular weight excluding hydrogens is 380 g/mol. The molecule has 0 fully saturated rings. The van der Waals surface area contributed by atoms with E-state index in [0.717, 1.165) is 72.7 Å². The molecule has 2 aromatic heterocycles. The number of pyridine rings is 2. The van der Waals surface area contributed by atoms with E-state index in [9.17, 15) is 0 Å². The Kier molecular flexibility index (Phi) is 11.3. The second-order valence-electron chi connectivity index (χ2n) is 7.95. The number of aryl methyl sites for hydroxylation is 2. The monoisotopic (exact) mass is 420 g/mol. The van der Waals surface area contributed by atoms with Crippen molar-refractivity contribution >= 4 is 11.4 Å². The Morgan fingerprint density at radius 1 is 0.935 bits per heavy atom. The van der Waals surface area contributed by atoms with Crippen molar-refractivity contribution in [1.29, 1.82) is 0 Å². The third-order valence-corrected chi connectivity index (χ3v) is 5.21. The molecule has 0 saturated carbocycles. The molecule has 0 radical (unpaired) electrons. The summed E-state index contributed by atoms with van der Waals surface area (Å²) in [5.41, 5.74) is 5.55. The summed E-state index contributed by atoms with van der Waals surface area (Å²) < 4.78 is 0. The van der Waals surface area contributed by atoms with Gasteiger partial charge in [-0.05, 0) is 50.5 Å². The lowest BCUT2D eigenvalue weighted by Gasteiger charge is -2.37. The van der Waals surface area contributed by atoms with E-state index in [2.05, 4.69) is 66.8 Å². The SMILES string of the molecule is C=C.C=C(NCC(CCC)(CCCC)NC(=C)c1ccc(C)cn1)c1cccc(C)n1. The number of hydrogen-bond acceptors (Lipinski definition) is 4. The van der Waals surface area contributed by atoms with Gasteiger partial charge >= 0.3 is 0 Å². The molecule has 0 saturated heterocycles. The summed E-state index contributed by atoms with van der Waals surface area (Å²) in [6.45, 7) is 23.8. The minimum atomic E-state index is -0.110. The Morgan fingerprint density at radius 2 is 1.68 bits per heavy atom. The van der Waals surface area contributed by atoms with E-state index < -0.39 is 0 Å². The van der Waals surface area contributed by atoms with E-state index in [1.165, 1.54) is 0 Å². The molecule has 0 aliphatic heterocycles. The van der Waals surface area contributed by atoms with E-state index in [1.807, 2.05) is 44.3 Å². The van der Waals surface area contributed by atoms with Crippen LogP contribution in [0.5, 0.6) is 0 Å². The van der Waals surface area contributed by atoms with Crippen molar-refractivity contribution in [3.8, 4) is 0 Å². The van der Waals surface area contributed by atoms with Gasteiger partial charge in [0.05, 0.1) is 28.3 Å². The number of aromatic nitrogens is 2. The van der Waals surface area contributed by atoms with Crippen molar-refractivity contribution in [1.82, 2.24) is 20.6 Å². The first-order valence-corrected chi connectivity index (χ1v) is 11.2. The van der Waals surface area contributed by atoms with E-state index >= 15 is 0 Å². The Bertz CT molecular complexity index is 825. The molecule has 1 unspecified atom stereocenters. The fraction of sp³-hybridized carbons (Fsp3) is 0.407. The maximum Gasteiger partial charge on any atom is 0.0858 e. The molecule has 0 aromatic carbocycles. The number of unbranched alkanes of at least 4 members (excludes halogenated alkanes) is 1. The first-order chi connectivity index (χ1) is 14.9. The maximum atomic E-state index is 4.59. The van der Waals surface area contributed by atoms with Crippen molar-refractivity contribution in [3.05, 3.63) is 85.5 Å². The minimum Gasteiger partial charge on any atom is -0.381 e. The van der Waals surface area contributed by atoms with Crippen LogP contribution in [0.2, 0.25) is 0 Å². The average molecular weight is 421 g/mol. The Morgan fingerprint density at radius 3 is 2.26 bits per heavy atom. The third-order valence-electron chi connectivity index (χ3n) is 5.21. The van der Waals surface area contributed by atoms with Crippen molar-refractivity contribution in [2.45, 2.75) is 65.3 Å². The van der Waals surface area contributed by atoms with Crippen LogP contribution in [0.3, 0.4) is 0 Å². The van der Waals surface area contributed by atoms with Gasteiger partial charge in [-0.1, -0.05) is 58.4 Å². The van der Waals surface area contributed by atoms with Gasteiger partial charge in [-0.3, -0.25) is 9.97 Å². The standard InChI is InChI=1S/C25H36N4.C2H4/c1-7-9-16-25(15-8-2,29-22(6)23-14-13-19(3)17-26-23)18-27-21(5)24-12-10-11-20(4)28-24;1-2/h10-14,17,27,29H,5-9,15-16,18H2,1-4H3;1-2H2. The van der Waals surface area contributed by atoms with Crippen LogP contribution in [0.1, 0.15) is 68.6 Å². The summed E-state index contributed by atoms with van der Waals surface area (Å²) in [5, 5.41) is 7.28. The Balaban J connectivity index is 0.00000233. The van der Waals surface area contributed by atoms with Gasteiger partial charge in [0.15, 0.2) is 0 Å². The first-order valence-electron chi connectivity index (χ1n) is 11.2. The maximum absolute atomic E-state index is 4.59. The van der Waals surface area contributed by atoms with E-state index in [-0.39, 0.29) is 5.54 Å². The number of hydrogen-bond donors (Lipinski definition) is 2. The van der Waals surface area contributed by atoms with Gasteiger partial charge in [-0.2, -0.15) is 0 Å². The lowest BCUT2D eigenvalue weighted by atomic mass is 9.86. The zero-order valence-corrected chi connectivity index (χ0v) is 19.9. The molecule has 2 N–H and O–H groups in total. The smallest absolute Gasteiger partial charge is 0.0858 e. The molecule has 168 valence electrons. The third kappa shape index (κ3) is 8.41. The molecule has 4 heteroatoms. The molecule has 0 bridgehead atoms. The topological polar surface area (TPSA) is 49.8 Å². The van der Waals surface area contributed by atoms with Crippen LogP contribution in [0, 0.1) is 13.8 Å². The van der Waals surface area contributed by atoms with Crippen molar-refractivity contribution in [2.24, 2.45) is 0 Å². The molecule has 0 aliphatic carbocycles. The summed E-state index contributed by atoms with van der Waals surface area (Å²) >= 11 is 0. The fourth-order valence-corrected chi connectivity index (χ4v) is 3.57. The van der Waals surface area contributed by atoms with Gasteiger partial charge in [-0.15, -0.1) is 13.2 Å². The van der Waals surface area contributed by atoms with Crippen molar-refractivity contribution in [2.75, 3.05) is 6.54 Å². The van der Waals surface area contributed by atoms with Crippen LogP contribution in [0.15, 0.2) is 62.8 Å². The highest BCUT2D eigenvalue weighted by molar-refractivity contribution is 5.60. The van der Waals surface area contributed by atoms with Crippen LogP contribution in [-0.2, 0) is 0 Å². The molecule has 1 atom stereocenters. The summed E-state index contributed by atoms with van der Waals surface area (Å²) in [6, 6.07) is 10.1. The molecule has 0 amide bonds. The lowest BCUT2D eigenvalue weighted by molar-refractivity contribution is 0.304. The van der Waals surface area contributed by atoms with E-state index in [1.54, 1.807) is 0 Å². The van der Waals surface area contributed by atoms with Gasteiger partial charge in [-0.25, -0.2) is 0 Å². The predicted octanol–water partition coefficient (Wildman–Crippen LogP) is 6.45. The predicted molar refractivity (Wildman–Crippen MR) is 136 cm³/mol. The number of nitrogens with zero attached hydrogens (tertiary/aromatic N) is 2. The molecular formula is C27H40N4. The van der Waals surface area contributed by atoms with Crippen molar-refractivity contribution < 1.29 is 0 Å². The molecule has 31 heavy (non-hydrogen) atoms. The Labute approximate surface area is 189 Å². The quantitative estimate of drug-likeness (QED) is 0.388. The summed E-state index contributed by atoms with van der Waals surface area (Å²) in [7, 11) is 0. The van der Waals surface area contributed by atoms with Gasteiger partial charge in [0.25, 0.3) is 0 Å². The molecule has 4 nitrogen and oxygen atoms in total. The second-order valence-corrected chi connectivity index (χ2v) is 7.95. The zero-order valence-electron chi connectivity index (χ0n) is 19.9. The minimum absolute atomic E-state index is 0.110. The second kappa shape index (κ2) is 13.4. The van der Waals surface area contributed by atoms with Gasteiger partial charge in [0, 0.05) is 18.4 Å². The van der Waals surface area contributed by atoms with Crippen molar-refractivity contribution in [3.63, 3.8) is 0 Å². The van der Waals surface area contributed by atoms with Gasteiger partial charge < -0.3 is 10.6 Å². The number of rotatable bonds is 12. The Hall–Kier alpha value is -2.88. The fourth-order valence-electron chi connectivity index (χ4n) is 3.57. The summed E-state index contributed by atoms with van der Waals surface area (Å²) in [4.78, 5) is 9.13. The normalized spacial score (nSPS) is 12.1. The average Bonchev–Trinajstić information content (AvgIpc) is 2.78. The van der Waals surface area contributed by atoms with Gasteiger partial charge in [0.2, 0.25) is 0 Å². The van der Waals surface area contributed by atoms with Crippen LogP contribution < -0.4 is 10.6 Å². The lowest BCUT2D eigenvalue weighted by Crippen LogP contribution is -2.51. The molecule has 2 rings (SSSR count). The van der Waals surface area contributed by atoms with Crippen LogP contribution in [0.25, 0.3) is 11.4 Å². The summed E-state index contributed by atoms with van der Waals surface area (Å²) in [5.74, 6) is 0. The highest BCUT2D eigenvalue weighted by Crippen LogP contribution is 2.25. The van der Waals surface area contributed by atoms with Gasteiger partial charge in [0.1, 0.15) is 0 Å². The first kappa shape index (κ1) is 26.2. The largest absolute Gasteiger partial charge is 0.381 e. The molecule has 2 heterocycles. The van der Waals surface area contributed by atoms with Crippen LogP contribution in [0.4, 0.5) is 0 Å². The van der Waals surface area contributed by atoms with E-state index in [0.29, 0.717) is 0 Å².